The number of fused-ring (bicyclic) bond motifs is 1. The molecule has 0 bridgehead atoms. The van der Waals surface area contributed by atoms with E-state index >= 15 is 0 Å². The van der Waals surface area contributed by atoms with Gasteiger partial charge >= 0.3 is 0 Å². The smallest absolute Gasteiger partial charge is 0.0766 e. The highest BCUT2D eigenvalue weighted by atomic mass is 35.5. The molecule has 0 saturated heterocycles. The van der Waals surface area contributed by atoms with Crippen LogP contribution in [0.3, 0.4) is 0 Å². The number of halogens is 2. The molecule has 3 heteroatoms. The van der Waals surface area contributed by atoms with Gasteiger partial charge in [-0.1, -0.05) is 37.0 Å². The maximum Gasteiger partial charge on any atom is 0.0766 e. The van der Waals surface area contributed by atoms with E-state index in [1.807, 2.05) is 12.1 Å². The third-order valence-corrected chi connectivity index (χ3v) is 3.03. The van der Waals surface area contributed by atoms with E-state index in [0.29, 0.717) is 16.0 Å². The third-order valence-electron chi connectivity index (χ3n) is 2.41. The minimum Gasteiger partial charge on any atom is -0.256 e. The lowest BCUT2D eigenvalue weighted by Crippen LogP contribution is -1.93. The summed E-state index contributed by atoms with van der Waals surface area (Å²) >= 11 is 12.3. The molecule has 0 aliphatic rings. The van der Waals surface area contributed by atoms with E-state index < -0.39 is 0 Å². The molecular weight excluding hydrogens is 229 g/mol. The van der Waals surface area contributed by atoms with Crippen molar-refractivity contribution in [3.05, 3.63) is 40.0 Å². The van der Waals surface area contributed by atoms with Gasteiger partial charge in [-0.3, -0.25) is 4.98 Å². The highest BCUT2D eigenvalue weighted by Gasteiger charge is 2.13. The van der Waals surface area contributed by atoms with Crippen molar-refractivity contribution in [2.45, 2.75) is 19.8 Å². The quantitative estimate of drug-likeness (QED) is 0.706. The fourth-order valence-corrected chi connectivity index (χ4v) is 2.48. The zero-order valence-corrected chi connectivity index (χ0v) is 10.1. The molecule has 1 nitrogen and oxygen atoms in total. The zero-order chi connectivity index (χ0) is 11.0. The van der Waals surface area contributed by atoms with E-state index in [9.17, 15) is 0 Å². The van der Waals surface area contributed by atoms with Gasteiger partial charge in [0.15, 0.2) is 0 Å². The van der Waals surface area contributed by atoms with E-state index in [0.717, 1.165) is 16.5 Å². The largest absolute Gasteiger partial charge is 0.256 e. The molecule has 0 atom stereocenters. The SMILES string of the molecule is CC(C)c1c(Cl)cc(Cl)c2cccnc12. The van der Waals surface area contributed by atoms with Gasteiger partial charge in [-0.2, -0.15) is 0 Å². The normalized spacial score (nSPS) is 11.3. The molecular formula is C12H11Cl2N. The van der Waals surface area contributed by atoms with E-state index in [1.165, 1.54) is 0 Å². The molecule has 0 aliphatic carbocycles. The van der Waals surface area contributed by atoms with Gasteiger partial charge in [0.2, 0.25) is 0 Å². The van der Waals surface area contributed by atoms with Crippen molar-refractivity contribution in [3.8, 4) is 0 Å². The van der Waals surface area contributed by atoms with Crippen molar-refractivity contribution in [2.24, 2.45) is 0 Å². The van der Waals surface area contributed by atoms with Gasteiger partial charge in [0.1, 0.15) is 0 Å². The van der Waals surface area contributed by atoms with Gasteiger partial charge in [0.25, 0.3) is 0 Å². The molecule has 0 aliphatic heterocycles. The number of rotatable bonds is 1. The van der Waals surface area contributed by atoms with Crippen LogP contribution in [0.25, 0.3) is 10.9 Å². The Kier molecular flexibility index (Phi) is 2.85. The molecule has 0 spiro atoms. The van der Waals surface area contributed by atoms with Crippen molar-refractivity contribution in [2.75, 3.05) is 0 Å². The second-order valence-electron chi connectivity index (χ2n) is 3.81. The average molecular weight is 240 g/mol. The first-order valence-electron chi connectivity index (χ1n) is 4.84. The van der Waals surface area contributed by atoms with Crippen LogP contribution in [0.2, 0.25) is 10.0 Å². The Morgan fingerprint density at radius 2 is 1.93 bits per heavy atom. The zero-order valence-electron chi connectivity index (χ0n) is 8.59. The molecule has 1 heterocycles. The minimum atomic E-state index is 0.340. The first-order valence-corrected chi connectivity index (χ1v) is 5.59. The molecule has 0 amide bonds. The molecule has 2 aromatic rings. The van der Waals surface area contributed by atoms with Crippen molar-refractivity contribution in [3.63, 3.8) is 0 Å². The predicted octanol–water partition coefficient (Wildman–Crippen LogP) is 4.67. The van der Waals surface area contributed by atoms with Crippen molar-refractivity contribution < 1.29 is 0 Å². The standard InChI is InChI=1S/C12H11Cl2N/c1-7(2)11-10(14)6-9(13)8-4-3-5-15-12(8)11/h3-7H,1-2H3. The van der Waals surface area contributed by atoms with E-state index in [-0.39, 0.29) is 0 Å². The van der Waals surface area contributed by atoms with Crippen LogP contribution in [-0.4, -0.2) is 4.98 Å². The second kappa shape index (κ2) is 3.99. The summed E-state index contributed by atoms with van der Waals surface area (Å²) in [6, 6.07) is 5.64. The summed E-state index contributed by atoms with van der Waals surface area (Å²) < 4.78 is 0. The lowest BCUT2D eigenvalue weighted by Gasteiger charge is -2.12. The molecule has 0 N–H and O–H groups in total. The minimum absolute atomic E-state index is 0.340. The van der Waals surface area contributed by atoms with Crippen molar-refractivity contribution in [1.82, 2.24) is 4.98 Å². The Bertz CT molecular complexity index is 506. The summed E-state index contributed by atoms with van der Waals surface area (Å²) in [6.45, 7) is 4.20. The summed E-state index contributed by atoms with van der Waals surface area (Å²) in [6.07, 6.45) is 1.76. The molecule has 0 radical (unpaired) electrons. The Morgan fingerprint density at radius 3 is 2.60 bits per heavy atom. The number of aromatic nitrogens is 1. The Hall–Kier alpha value is -0.790. The molecule has 15 heavy (non-hydrogen) atoms. The van der Waals surface area contributed by atoms with Crippen LogP contribution in [0, 0.1) is 0 Å². The molecule has 0 saturated carbocycles. The monoisotopic (exact) mass is 239 g/mol. The fraction of sp³-hybridized carbons (Fsp3) is 0.250. The van der Waals surface area contributed by atoms with Crippen LogP contribution in [0.4, 0.5) is 0 Å². The van der Waals surface area contributed by atoms with Gasteiger partial charge in [-0.05, 0) is 29.7 Å². The Morgan fingerprint density at radius 1 is 1.20 bits per heavy atom. The van der Waals surface area contributed by atoms with Crippen LogP contribution in [0.5, 0.6) is 0 Å². The molecule has 1 aromatic heterocycles. The number of nitrogens with zero attached hydrogens (tertiary/aromatic N) is 1. The van der Waals surface area contributed by atoms with E-state index in [1.54, 1.807) is 12.3 Å². The van der Waals surface area contributed by atoms with Gasteiger partial charge in [-0.15, -0.1) is 0 Å². The fourth-order valence-electron chi connectivity index (χ4n) is 1.74. The third kappa shape index (κ3) is 1.82. The lowest BCUT2D eigenvalue weighted by molar-refractivity contribution is 0.873. The molecule has 2 rings (SSSR count). The maximum absolute atomic E-state index is 6.18. The van der Waals surface area contributed by atoms with Crippen molar-refractivity contribution >= 4 is 34.1 Å². The van der Waals surface area contributed by atoms with Gasteiger partial charge in [-0.25, -0.2) is 0 Å². The van der Waals surface area contributed by atoms with Crippen LogP contribution in [0.15, 0.2) is 24.4 Å². The number of benzene rings is 1. The lowest BCUT2D eigenvalue weighted by atomic mass is 9.99. The van der Waals surface area contributed by atoms with Crippen LogP contribution < -0.4 is 0 Å². The molecule has 78 valence electrons. The molecule has 0 unspecified atom stereocenters. The highest BCUT2D eigenvalue weighted by Crippen LogP contribution is 2.35. The summed E-state index contributed by atoms with van der Waals surface area (Å²) in [4.78, 5) is 4.36. The summed E-state index contributed by atoms with van der Waals surface area (Å²) in [5, 5.41) is 2.32. The van der Waals surface area contributed by atoms with Gasteiger partial charge in [0.05, 0.1) is 10.5 Å². The summed E-state index contributed by atoms with van der Waals surface area (Å²) in [5.74, 6) is 0.340. The number of hydrogen-bond acceptors (Lipinski definition) is 1. The average Bonchev–Trinajstić information content (AvgIpc) is 2.17. The first kappa shape index (κ1) is 10.7. The Balaban J connectivity index is 2.90. The van der Waals surface area contributed by atoms with Gasteiger partial charge in [0, 0.05) is 16.6 Å². The Labute approximate surface area is 99.0 Å². The van der Waals surface area contributed by atoms with Crippen LogP contribution in [0.1, 0.15) is 25.3 Å². The topological polar surface area (TPSA) is 12.9 Å². The molecule has 1 aromatic carbocycles. The predicted molar refractivity (Wildman–Crippen MR) is 65.9 cm³/mol. The first-order chi connectivity index (χ1) is 7.11. The van der Waals surface area contributed by atoms with Crippen LogP contribution in [-0.2, 0) is 0 Å². The summed E-state index contributed by atoms with van der Waals surface area (Å²) in [7, 11) is 0. The summed E-state index contributed by atoms with van der Waals surface area (Å²) in [5.41, 5.74) is 1.97. The number of hydrogen-bond donors (Lipinski definition) is 0. The maximum atomic E-state index is 6.18. The van der Waals surface area contributed by atoms with Gasteiger partial charge < -0.3 is 0 Å². The van der Waals surface area contributed by atoms with Crippen molar-refractivity contribution in [1.29, 1.82) is 0 Å². The second-order valence-corrected chi connectivity index (χ2v) is 4.62. The van der Waals surface area contributed by atoms with E-state index in [2.05, 4.69) is 18.8 Å². The highest BCUT2D eigenvalue weighted by molar-refractivity contribution is 6.39. The van der Waals surface area contributed by atoms with Crippen LogP contribution >= 0.6 is 23.2 Å². The number of pyridine rings is 1. The van der Waals surface area contributed by atoms with E-state index in [4.69, 9.17) is 23.2 Å². The molecule has 0 fully saturated rings.